The van der Waals surface area contributed by atoms with Crippen LogP contribution >= 0.6 is 0 Å². The summed E-state index contributed by atoms with van der Waals surface area (Å²) in [6.45, 7) is 2.33. The molecule has 4 rings (SSSR count). The van der Waals surface area contributed by atoms with E-state index in [0.717, 1.165) is 5.69 Å². The lowest BCUT2D eigenvalue weighted by Gasteiger charge is -2.29. The van der Waals surface area contributed by atoms with Crippen LogP contribution in [0, 0.1) is 0 Å². The van der Waals surface area contributed by atoms with E-state index in [9.17, 15) is 0 Å². The second-order valence-corrected chi connectivity index (χ2v) is 6.56. The summed E-state index contributed by atoms with van der Waals surface area (Å²) >= 11 is 0. The van der Waals surface area contributed by atoms with Crippen molar-refractivity contribution >= 4 is 10.8 Å². The molecule has 2 heteroatoms. The van der Waals surface area contributed by atoms with Crippen molar-refractivity contribution in [2.45, 2.75) is 18.8 Å². The van der Waals surface area contributed by atoms with E-state index < -0.39 is 0 Å². The number of hydrogen-bond donors (Lipinski definition) is 0. The third-order valence-corrected chi connectivity index (χ3v) is 4.94. The van der Waals surface area contributed by atoms with E-state index in [1.165, 1.54) is 48.0 Å². The van der Waals surface area contributed by atoms with Gasteiger partial charge in [-0.1, -0.05) is 54.6 Å². The van der Waals surface area contributed by atoms with Gasteiger partial charge in [-0.2, -0.15) is 0 Å². The highest BCUT2D eigenvalue weighted by atomic mass is 15.1. The number of hydrogen-bond acceptors (Lipinski definition) is 2. The third kappa shape index (κ3) is 2.87. The SMILES string of the molecule is CN1CCC(c2cc3ccccc3c(-c3ccccc3)n2)CC1. The summed E-state index contributed by atoms with van der Waals surface area (Å²) < 4.78 is 0. The highest BCUT2D eigenvalue weighted by Gasteiger charge is 2.21. The van der Waals surface area contributed by atoms with Crippen LogP contribution in [0.2, 0.25) is 0 Å². The fourth-order valence-electron chi connectivity index (χ4n) is 3.55. The molecule has 0 radical (unpaired) electrons. The van der Waals surface area contributed by atoms with Gasteiger partial charge >= 0.3 is 0 Å². The van der Waals surface area contributed by atoms with Gasteiger partial charge in [-0.25, -0.2) is 0 Å². The van der Waals surface area contributed by atoms with Crippen LogP contribution in [0.5, 0.6) is 0 Å². The zero-order chi connectivity index (χ0) is 15.6. The van der Waals surface area contributed by atoms with Crippen LogP contribution in [0.15, 0.2) is 60.7 Å². The second kappa shape index (κ2) is 6.13. The van der Waals surface area contributed by atoms with Crippen LogP contribution < -0.4 is 0 Å². The molecule has 1 aliphatic rings. The zero-order valence-electron chi connectivity index (χ0n) is 13.6. The van der Waals surface area contributed by atoms with E-state index >= 15 is 0 Å². The molecule has 0 unspecified atom stereocenters. The molecule has 1 fully saturated rings. The van der Waals surface area contributed by atoms with Crippen molar-refractivity contribution in [3.8, 4) is 11.3 Å². The van der Waals surface area contributed by atoms with Crippen molar-refractivity contribution in [1.82, 2.24) is 9.88 Å². The van der Waals surface area contributed by atoms with E-state index in [2.05, 4.69) is 72.6 Å². The fourth-order valence-corrected chi connectivity index (χ4v) is 3.55. The predicted octanol–water partition coefficient (Wildman–Crippen LogP) is 4.71. The van der Waals surface area contributed by atoms with Crippen molar-refractivity contribution in [2.75, 3.05) is 20.1 Å². The molecule has 1 saturated heterocycles. The van der Waals surface area contributed by atoms with E-state index in [4.69, 9.17) is 4.98 Å². The molecule has 1 aliphatic heterocycles. The summed E-state index contributed by atoms with van der Waals surface area (Å²) in [7, 11) is 2.21. The Morgan fingerprint density at radius 3 is 2.39 bits per heavy atom. The summed E-state index contributed by atoms with van der Waals surface area (Å²) in [6, 6.07) is 21.5. The molecule has 0 atom stereocenters. The van der Waals surface area contributed by atoms with Crippen molar-refractivity contribution in [3.63, 3.8) is 0 Å². The fraction of sp³-hybridized carbons (Fsp3) is 0.286. The average molecular weight is 302 g/mol. The van der Waals surface area contributed by atoms with Gasteiger partial charge in [0.2, 0.25) is 0 Å². The van der Waals surface area contributed by atoms with Gasteiger partial charge in [0, 0.05) is 22.6 Å². The predicted molar refractivity (Wildman–Crippen MR) is 96.7 cm³/mol. The summed E-state index contributed by atoms with van der Waals surface area (Å²) in [5.41, 5.74) is 3.59. The third-order valence-electron chi connectivity index (χ3n) is 4.94. The number of benzene rings is 2. The van der Waals surface area contributed by atoms with E-state index in [1.54, 1.807) is 0 Å². The Hall–Kier alpha value is -2.19. The minimum absolute atomic E-state index is 0.582. The van der Waals surface area contributed by atoms with Crippen LogP contribution in [0.4, 0.5) is 0 Å². The van der Waals surface area contributed by atoms with Gasteiger partial charge in [-0.3, -0.25) is 4.98 Å². The first-order valence-corrected chi connectivity index (χ1v) is 8.45. The Balaban J connectivity index is 1.84. The zero-order valence-corrected chi connectivity index (χ0v) is 13.6. The summed E-state index contributed by atoms with van der Waals surface area (Å²) in [5.74, 6) is 0.582. The molecule has 3 aromatic rings. The highest BCUT2D eigenvalue weighted by molar-refractivity contribution is 5.94. The van der Waals surface area contributed by atoms with Gasteiger partial charge in [-0.05, 0) is 44.4 Å². The molecular formula is C21H22N2. The largest absolute Gasteiger partial charge is 0.306 e. The molecule has 1 aromatic heterocycles. The Morgan fingerprint density at radius 1 is 0.913 bits per heavy atom. The molecule has 23 heavy (non-hydrogen) atoms. The van der Waals surface area contributed by atoms with Gasteiger partial charge in [-0.15, -0.1) is 0 Å². The van der Waals surface area contributed by atoms with Crippen molar-refractivity contribution in [3.05, 3.63) is 66.4 Å². The minimum Gasteiger partial charge on any atom is -0.306 e. The Bertz CT molecular complexity index is 802. The average Bonchev–Trinajstić information content (AvgIpc) is 2.62. The summed E-state index contributed by atoms with van der Waals surface area (Å²) in [4.78, 5) is 7.51. The lowest BCUT2D eigenvalue weighted by Crippen LogP contribution is -2.29. The van der Waals surface area contributed by atoms with Crippen LogP contribution in [0.25, 0.3) is 22.0 Å². The molecule has 116 valence electrons. The molecular weight excluding hydrogens is 280 g/mol. The van der Waals surface area contributed by atoms with Crippen LogP contribution in [-0.4, -0.2) is 30.0 Å². The molecule has 0 amide bonds. The molecule has 0 spiro atoms. The first kappa shape index (κ1) is 14.4. The molecule has 0 saturated carbocycles. The molecule has 0 bridgehead atoms. The maximum Gasteiger partial charge on any atom is 0.0783 e. The molecule has 2 heterocycles. The van der Waals surface area contributed by atoms with Crippen LogP contribution in [-0.2, 0) is 0 Å². The number of aromatic nitrogens is 1. The molecule has 0 aliphatic carbocycles. The first-order chi connectivity index (χ1) is 11.3. The summed E-state index contributed by atoms with van der Waals surface area (Å²) in [6.07, 6.45) is 2.41. The number of nitrogens with zero attached hydrogens (tertiary/aromatic N) is 2. The van der Waals surface area contributed by atoms with Crippen molar-refractivity contribution in [2.24, 2.45) is 0 Å². The topological polar surface area (TPSA) is 16.1 Å². The molecule has 0 N–H and O–H groups in total. The molecule has 2 nitrogen and oxygen atoms in total. The number of piperidine rings is 1. The van der Waals surface area contributed by atoms with Gasteiger partial charge in [0.05, 0.1) is 5.69 Å². The number of rotatable bonds is 2. The highest BCUT2D eigenvalue weighted by Crippen LogP contribution is 2.33. The summed E-state index contributed by atoms with van der Waals surface area (Å²) in [5, 5.41) is 2.55. The number of likely N-dealkylation sites (tertiary alicyclic amines) is 1. The Kier molecular flexibility index (Phi) is 3.84. The standard InChI is InChI=1S/C21H22N2/c1-23-13-11-16(12-14-23)20-15-18-9-5-6-10-19(18)21(22-20)17-7-3-2-4-8-17/h2-10,15-16H,11-14H2,1H3. The maximum absolute atomic E-state index is 5.10. The number of fused-ring (bicyclic) bond motifs is 1. The van der Waals surface area contributed by atoms with Crippen molar-refractivity contribution in [1.29, 1.82) is 0 Å². The monoisotopic (exact) mass is 302 g/mol. The van der Waals surface area contributed by atoms with Crippen LogP contribution in [0.3, 0.4) is 0 Å². The van der Waals surface area contributed by atoms with Gasteiger partial charge in [0.15, 0.2) is 0 Å². The van der Waals surface area contributed by atoms with E-state index in [-0.39, 0.29) is 0 Å². The number of pyridine rings is 1. The second-order valence-electron chi connectivity index (χ2n) is 6.56. The normalized spacial score (nSPS) is 16.7. The van der Waals surface area contributed by atoms with Gasteiger partial charge < -0.3 is 4.90 Å². The van der Waals surface area contributed by atoms with Crippen LogP contribution in [0.1, 0.15) is 24.5 Å². The first-order valence-electron chi connectivity index (χ1n) is 8.45. The smallest absolute Gasteiger partial charge is 0.0783 e. The lowest BCUT2D eigenvalue weighted by atomic mass is 9.91. The quantitative estimate of drug-likeness (QED) is 0.681. The minimum atomic E-state index is 0.582. The lowest BCUT2D eigenvalue weighted by molar-refractivity contribution is 0.253. The van der Waals surface area contributed by atoms with E-state index in [0.29, 0.717) is 5.92 Å². The Labute approximate surface area is 137 Å². The Morgan fingerprint density at radius 2 is 1.61 bits per heavy atom. The molecule has 2 aromatic carbocycles. The van der Waals surface area contributed by atoms with E-state index in [1.807, 2.05) is 0 Å². The maximum atomic E-state index is 5.10. The van der Waals surface area contributed by atoms with Crippen molar-refractivity contribution < 1.29 is 0 Å². The van der Waals surface area contributed by atoms with Gasteiger partial charge in [0.1, 0.15) is 0 Å². The van der Waals surface area contributed by atoms with Gasteiger partial charge in [0.25, 0.3) is 0 Å².